The molecule has 2 heterocycles. The molecule has 0 amide bonds. The first-order valence-electron chi connectivity index (χ1n) is 5.99. The van der Waals surface area contributed by atoms with Gasteiger partial charge in [0, 0.05) is 24.3 Å². The molecule has 2 rings (SSSR count). The van der Waals surface area contributed by atoms with E-state index in [-0.39, 0.29) is 0 Å². The molecule has 1 fully saturated rings. The number of nitrogens with zero attached hydrogens (tertiary/aromatic N) is 2. The highest BCUT2D eigenvalue weighted by Crippen LogP contribution is 2.23. The maximum absolute atomic E-state index is 5.46. The van der Waals surface area contributed by atoms with Gasteiger partial charge in [-0.25, -0.2) is 10.8 Å². The Labute approximate surface area is 96.8 Å². The fourth-order valence-corrected chi connectivity index (χ4v) is 2.48. The summed E-state index contributed by atoms with van der Waals surface area (Å²) in [6.45, 7) is 4.40. The average molecular weight is 220 g/mol. The zero-order valence-electron chi connectivity index (χ0n) is 9.82. The Morgan fingerprint density at radius 2 is 2.50 bits per heavy atom. The Hall–Kier alpha value is -1.13. The number of likely N-dealkylation sites (tertiary alicyclic amines) is 1. The molecule has 88 valence electrons. The number of hydrogen-bond acceptors (Lipinski definition) is 4. The molecule has 0 spiro atoms. The third-order valence-electron chi connectivity index (χ3n) is 3.37. The van der Waals surface area contributed by atoms with Crippen molar-refractivity contribution in [2.75, 3.05) is 12.0 Å². The molecule has 4 heteroatoms. The minimum Gasteiger partial charge on any atom is -0.308 e. The van der Waals surface area contributed by atoms with Crippen LogP contribution in [0.2, 0.25) is 0 Å². The van der Waals surface area contributed by atoms with Crippen LogP contribution in [0, 0.1) is 0 Å². The van der Waals surface area contributed by atoms with Crippen LogP contribution >= 0.6 is 0 Å². The van der Waals surface area contributed by atoms with Crippen molar-refractivity contribution in [1.82, 2.24) is 9.88 Å². The minimum absolute atomic E-state index is 0.728. The number of hydrogen-bond donors (Lipinski definition) is 2. The van der Waals surface area contributed by atoms with Crippen molar-refractivity contribution in [2.24, 2.45) is 5.84 Å². The Kier molecular flexibility index (Phi) is 3.74. The standard InChI is InChI=1S/C12H20N4/c1-2-11-6-4-8-16(11)9-10-5-3-7-14-12(10)15-13/h3,5,7,11H,2,4,6,8-9,13H2,1H3,(H,14,15). The molecule has 4 nitrogen and oxygen atoms in total. The van der Waals surface area contributed by atoms with Gasteiger partial charge in [-0.2, -0.15) is 0 Å². The second-order valence-corrected chi connectivity index (χ2v) is 4.33. The molecular formula is C12H20N4. The molecule has 1 aromatic rings. The smallest absolute Gasteiger partial charge is 0.144 e. The predicted octanol–water partition coefficient (Wildman–Crippen LogP) is 1.74. The van der Waals surface area contributed by atoms with Crippen LogP contribution in [-0.4, -0.2) is 22.5 Å². The number of rotatable bonds is 4. The maximum Gasteiger partial charge on any atom is 0.144 e. The summed E-state index contributed by atoms with van der Waals surface area (Å²) in [4.78, 5) is 6.75. The van der Waals surface area contributed by atoms with Crippen molar-refractivity contribution in [1.29, 1.82) is 0 Å². The maximum atomic E-state index is 5.46. The number of hydrazine groups is 1. The average Bonchev–Trinajstić information content (AvgIpc) is 2.77. The largest absolute Gasteiger partial charge is 0.308 e. The van der Waals surface area contributed by atoms with E-state index < -0.39 is 0 Å². The molecule has 0 radical (unpaired) electrons. The van der Waals surface area contributed by atoms with Gasteiger partial charge in [0.15, 0.2) is 0 Å². The van der Waals surface area contributed by atoms with E-state index in [1.54, 1.807) is 6.20 Å². The highest BCUT2D eigenvalue weighted by atomic mass is 15.3. The SMILES string of the molecule is CCC1CCCN1Cc1cccnc1NN. The molecule has 1 atom stereocenters. The molecule has 1 aliphatic rings. The Bertz CT molecular complexity index is 340. The number of pyridine rings is 1. The van der Waals surface area contributed by atoms with Crippen molar-refractivity contribution in [3.8, 4) is 0 Å². The van der Waals surface area contributed by atoms with Gasteiger partial charge in [-0.05, 0) is 31.9 Å². The van der Waals surface area contributed by atoms with E-state index in [0.717, 1.165) is 18.4 Å². The van der Waals surface area contributed by atoms with Gasteiger partial charge in [0.05, 0.1) is 0 Å². The van der Waals surface area contributed by atoms with Crippen LogP contribution in [-0.2, 0) is 6.54 Å². The Morgan fingerprint density at radius 3 is 3.25 bits per heavy atom. The first-order chi connectivity index (χ1) is 7.85. The molecule has 0 bridgehead atoms. The summed E-state index contributed by atoms with van der Waals surface area (Å²) in [6.07, 6.45) is 5.62. The van der Waals surface area contributed by atoms with Crippen LogP contribution in [0.5, 0.6) is 0 Å². The van der Waals surface area contributed by atoms with Gasteiger partial charge in [0.2, 0.25) is 0 Å². The lowest BCUT2D eigenvalue weighted by molar-refractivity contribution is 0.240. The van der Waals surface area contributed by atoms with Crippen LogP contribution in [0.4, 0.5) is 5.82 Å². The molecule has 1 saturated heterocycles. The summed E-state index contributed by atoms with van der Waals surface area (Å²) in [6, 6.07) is 4.78. The molecule has 0 aromatic carbocycles. The van der Waals surface area contributed by atoms with Gasteiger partial charge in [-0.3, -0.25) is 4.90 Å². The lowest BCUT2D eigenvalue weighted by atomic mass is 10.1. The number of nitrogen functional groups attached to an aromatic ring is 1. The number of anilines is 1. The third-order valence-corrected chi connectivity index (χ3v) is 3.37. The van der Waals surface area contributed by atoms with Crippen LogP contribution in [0.15, 0.2) is 18.3 Å². The zero-order valence-corrected chi connectivity index (χ0v) is 9.82. The molecule has 0 aliphatic carbocycles. The first-order valence-corrected chi connectivity index (χ1v) is 5.99. The predicted molar refractivity (Wildman–Crippen MR) is 65.8 cm³/mol. The number of nitrogens with one attached hydrogen (secondary N) is 1. The highest BCUT2D eigenvalue weighted by Gasteiger charge is 2.23. The van der Waals surface area contributed by atoms with E-state index >= 15 is 0 Å². The van der Waals surface area contributed by atoms with E-state index in [4.69, 9.17) is 5.84 Å². The lowest BCUT2D eigenvalue weighted by Gasteiger charge is -2.23. The van der Waals surface area contributed by atoms with Crippen molar-refractivity contribution in [3.63, 3.8) is 0 Å². The number of nitrogens with two attached hydrogens (primary N) is 1. The topological polar surface area (TPSA) is 54.2 Å². The summed E-state index contributed by atoms with van der Waals surface area (Å²) >= 11 is 0. The van der Waals surface area contributed by atoms with Crippen molar-refractivity contribution < 1.29 is 0 Å². The fraction of sp³-hybridized carbons (Fsp3) is 0.583. The van der Waals surface area contributed by atoms with Gasteiger partial charge >= 0.3 is 0 Å². The van der Waals surface area contributed by atoms with Gasteiger partial charge in [0.1, 0.15) is 5.82 Å². The Morgan fingerprint density at radius 1 is 1.62 bits per heavy atom. The number of aromatic nitrogens is 1. The molecule has 1 aliphatic heterocycles. The molecule has 1 aromatic heterocycles. The van der Waals surface area contributed by atoms with Gasteiger partial charge in [-0.15, -0.1) is 0 Å². The van der Waals surface area contributed by atoms with Gasteiger partial charge in [0.25, 0.3) is 0 Å². The fourth-order valence-electron chi connectivity index (χ4n) is 2.48. The van der Waals surface area contributed by atoms with Gasteiger partial charge in [-0.1, -0.05) is 13.0 Å². The van der Waals surface area contributed by atoms with E-state index in [9.17, 15) is 0 Å². The molecule has 16 heavy (non-hydrogen) atoms. The summed E-state index contributed by atoms with van der Waals surface area (Å²) in [5, 5.41) is 0. The van der Waals surface area contributed by atoms with E-state index in [1.807, 2.05) is 6.07 Å². The summed E-state index contributed by atoms with van der Waals surface area (Å²) in [5.74, 6) is 6.26. The van der Waals surface area contributed by atoms with Crippen LogP contribution in [0.1, 0.15) is 31.7 Å². The quantitative estimate of drug-likeness (QED) is 0.599. The zero-order chi connectivity index (χ0) is 11.4. The highest BCUT2D eigenvalue weighted by molar-refractivity contribution is 5.42. The summed E-state index contributed by atoms with van der Waals surface area (Å²) < 4.78 is 0. The van der Waals surface area contributed by atoms with Gasteiger partial charge < -0.3 is 5.43 Å². The summed E-state index contributed by atoms with van der Waals surface area (Å²) in [5.41, 5.74) is 3.85. The van der Waals surface area contributed by atoms with Crippen molar-refractivity contribution in [2.45, 2.75) is 38.8 Å². The molecule has 0 saturated carbocycles. The summed E-state index contributed by atoms with van der Waals surface area (Å²) in [7, 11) is 0. The first kappa shape index (κ1) is 11.4. The van der Waals surface area contributed by atoms with Crippen LogP contribution in [0.3, 0.4) is 0 Å². The van der Waals surface area contributed by atoms with Crippen molar-refractivity contribution in [3.05, 3.63) is 23.9 Å². The van der Waals surface area contributed by atoms with Crippen molar-refractivity contribution >= 4 is 5.82 Å². The second kappa shape index (κ2) is 5.27. The van der Waals surface area contributed by atoms with E-state index in [1.165, 1.54) is 31.4 Å². The monoisotopic (exact) mass is 220 g/mol. The minimum atomic E-state index is 0.728. The lowest BCUT2D eigenvalue weighted by Crippen LogP contribution is -2.29. The van der Waals surface area contributed by atoms with Crippen LogP contribution in [0.25, 0.3) is 0 Å². The van der Waals surface area contributed by atoms with Crippen LogP contribution < -0.4 is 11.3 Å². The third kappa shape index (κ3) is 2.33. The van der Waals surface area contributed by atoms with E-state index in [2.05, 4.69) is 28.3 Å². The van der Waals surface area contributed by atoms with E-state index in [0.29, 0.717) is 0 Å². The second-order valence-electron chi connectivity index (χ2n) is 4.33. The molecular weight excluding hydrogens is 200 g/mol. The normalized spacial score (nSPS) is 21.2. The molecule has 3 N–H and O–H groups in total. The Balaban J connectivity index is 2.08. The molecule has 1 unspecified atom stereocenters.